The van der Waals surface area contributed by atoms with E-state index in [-0.39, 0.29) is 25.0 Å². The monoisotopic (exact) mass is 341 g/mol. The summed E-state index contributed by atoms with van der Waals surface area (Å²) in [5.74, 6) is -0.298. The van der Waals surface area contributed by atoms with Crippen molar-refractivity contribution in [2.24, 2.45) is 0 Å². The van der Waals surface area contributed by atoms with Gasteiger partial charge >= 0.3 is 0 Å². The summed E-state index contributed by atoms with van der Waals surface area (Å²) in [6.45, 7) is -0.121. The Labute approximate surface area is 135 Å². The summed E-state index contributed by atoms with van der Waals surface area (Å²) < 4.78 is 25.4. The van der Waals surface area contributed by atoms with Crippen molar-refractivity contribution in [2.75, 3.05) is 12.8 Å². The zero-order valence-corrected chi connectivity index (χ0v) is 13.9. The van der Waals surface area contributed by atoms with Crippen LogP contribution in [0, 0.1) is 4.64 Å². The number of carbonyl (C=O) groups is 1. The molecule has 0 aliphatic heterocycles. The van der Waals surface area contributed by atoms with E-state index in [1.54, 1.807) is 18.2 Å². The molecule has 1 amide bonds. The Morgan fingerprint density at radius 2 is 2.09 bits per heavy atom. The van der Waals surface area contributed by atoms with Crippen molar-refractivity contribution in [3.05, 3.63) is 40.7 Å². The van der Waals surface area contributed by atoms with Gasteiger partial charge in [-0.2, -0.15) is 4.31 Å². The maximum absolute atomic E-state index is 12.0. The Bertz CT molecular complexity index is 717. The molecular weight excluding hydrogens is 322 g/mol. The topological polar surface area (TPSA) is 82.3 Å². The number of amides is 1. The minimum absolute atomic E-state index is 0.0662. The fourth-order valence-corrected chi connectivity index (χ4v) is 3.17. The summed E-state index contributed by atoms with van der Waals surface area (Å²) in [6.07, 6.45) is 6.67. The number of H-pyrrole nitrogens is 1. The molecular formula is C14H19N3O3S2. The molecule has 2 rings (SSSR count). The number of hydrogen-bond acceptors (Lipinski definition) is 4. The van der Waals surface area contributed by atoms with Gasteiger partial charge in [-0.25, -0.2) is 8.42 Å². The molecule has 120 valence electrons. The normalized spacial score (nSPS) is 15.4. The maximum atomic E-state index is 12.0. The highest BCUT2D eigenvalue weighted by Gasteiger charge is 2.22. The van der Waals surface area contributed by atoms with E-state index in [0.717, 1.165) is 23.4 Å². The molecule has 1 aliphatic rings. The van der Waals surface area contributed by atoms with Crippen LogP contribution in [0.4, 0.5) is 0 Å². The zero-order chi connectivity index (χ0) is 16.2. The molecule has 0 saturated carbocycles. The van der Waals surface area contributed by atoms with Gasteiger partial charge in [-0.15, -0.1) is 0 Å². The van der Waals surface area contributed by atoms with Crippen molar-refractivity contribution in [1.29, 1.82) is 0 Å². The SMILES string of the molecule is CS(=O)(=O)N(CC(=O)NC1CC=CC1)Cc1cccc(=S)[nH]1. The minimum Gasteiger partial charge on any atom is -0.352 e. The van der Waals surface area contributed by atoms with Crippen LogP contribution >= 0.6 is 12.2 Å². The highest BCUT2D eigenvalue weighted by Crippen LogP contribution is 2.10. The van der Waals surface area contributed by atoms with Crippen LogP contribution in [0.5, 0.6) is 0 Å². The lowest BCUT2D eigenvalue weighted by Gasteiger charge is -2.21. The summed E-state index contributed by atoms with van der Waals surface area (Å²) in [5.41, 5.74) is 0.647. The molecule has 0 atom stereocenters. The van der Waals surface area contributed by atoms with Crippen LogP contribution in [0.25, 0.3) is 0 Å². The van der Waals surface area contributed by atoms with Crippen molar-refractivity contribution in [2.45, 2.75) is 25.4 Å². The van der Waals surface area contributed by atoms with Gasteiger partial charge in [0.1, 0.15) is 4.64 Å². The third-order valence-electron chi connectivity index (χ3n) is 3.34. The number of sulfonamides is 1. The van der Waals surface area contributed by atoms with E-state index >= 15 is 0 Å². The fraction of sp³-hybridized carbons (Fsp3) is 0.429. The zero-order valence-electron chi connectivity index (χ0n) is 12.3. The van der Waals surface area contributed by atoms with Crippen LogP contribution in [0.2, 0.25) is 0 Å². The number of aromatic nitrogens is 1. The van der Waals surface area contributed by atoms with E-state index in [1.807, 2.05) is 12.2 Å². The van der Waals surface area contributed by atoms with Crippen LogP contribution in [-0.4, -0.2) is 42.5 Å². The van der Waals surface area contributed by atoms with E-state index in [0.29, 0.717) is 10.3 Å². The van der Waals surface area contributed by atoms with Crippen LogP contribution in [0.15, 0.2) is 30.4 Å². The summed E-state index contributed by atoms with van der Waals surface area (Å²) in [5, 5.41) is 2.84. The third-order valence-corrected chi connectivity index (χ3v) is 4.77. The first-order valence-electron chi connectivity index (χ1n) is 6.92. The molecule has 6 nitrogen and oxygen atoms in total. The highest BCUT2D eigenvalue weighted by atomic mass is 32.2. The fourth-order valence-electron chi connectivity index (χ4n) is 2.23. The van der Waals surface area contributed by atoms with Gasteiger partial charge in [0, 0.05) is 11.7 Å². The van der Waals surface area contributed by atoms with Crippen molar-refractivity contribution < 1.29 is 13.2 Å². The van der Waals surface area contributed by atoms with Gasteiger partial charge in [0.15, 0.2) is 0 Å². The molecule has 0 fully saturated rings. The number of hydrogen-bond donors (Lipinski definition) is 2. The van der Waals surface area contributed by atoms with Crippen molar-refractivity contribution in [1.82, 2.24) is 14.6 Å². The first-order valence-corrected chi connectivity index (χ1v) is 9.18. The number of nitrogens with zero attached hydrogens (tertiary/aromatic N) is 1. The lowest BCUT2D eigenvalue weighted by molar-refractivity contribution is -0.122. The van der Waals surface area contributed by atoms with E-state index in [4.69, 9.17) is 12.2 Å². The average molecular weight is 341 g/mol. The van der Waals surface area contributed by atoms with Gasteiger partial charge in [-0.05, 0) is 25.0 Å². The molecule has 2 N–H and O–H groups in total. The minimum atomic E-state index is -3.50. The molecule has 0 unspecified atom stereocenters. The Morgan fingerprint density at radius 1 is 1.41 bits per heavy atom. The molecule has 8 heteroatoms. The molecule has 22 heavy (non-hydrogen) atoms. The molecule has 0 aromatic carbocycles. The smallest absolute Gasteiger partial charge is 0.235 e. The van der Waals surface area contributed by atoms with Crippen molar-refractivity contribution in [3.8, 4) is 0 Å². The number of pyridine rings is 1. The lowest BCUT2D eigenvalue weighted by atomic mass is 10.2. The molecule has 0 radical (unpaired) electrons. The predicted molar refractivity (Wildman–Crippen MR) is 87.2 cm³/mol. The van der Waals surface area contributed by atoms with E-state index < -0.39 is 10.0 Å². The third kappa shape index (κ3) is 5.04. The van der Waals surface area contributed by atoms with Crippen LogP contribution < -0.4 is 5.32 Å². The number of carbonyl (C=O) groups excluding carboxylic acids is 1. The van der Waals surface area contributed by atoms with Gasteiger partial charge in [0.2, 0.25) is 15.9 Å². The summed E-state index contributed by atoms with van der Waals surface area (Å²) >= 11 is 5.02. The molecule has 1 heterocycles. The molecule has 1 aliphatic carbocycles. The number of aromatic amines is 1. The van der Waals surface area contributed by atoms with E-state index in [1.165, 1.54) is 0 Å². The van der Waals surface area contributed by atoms with Crippen LogP contribution in [0.3, 0.4) is 0 Å². The maximum Gasteiger partial charge on any atom is 0.235 e. The first kappa shape index (κ1) is 16.9. The second-order valence-corrected chi connectivity index (χ2v) is 7.70. The quantitative estimate of drug-likeness (QED) is 0.604. The second-order valence-electron chi connectivity index (χ2n) is 5.28. The van der Waals surface area contributed by atoms with Crippen molar-refractivity contribution in [3.63, 3.8) is 0 Å². The lowest BCUT2D eigenvalue weighted by Crippen LogP contribution is -2.43. The molecule has 1 aromatic rings. The second kappa shape index (κ2) is 7.17. The predicted octanol–water partition coefficient (Wildman–Crippen LogP) is 1.34. The molecule has 0 spiro atoms. The van der Waals surface area contributed by atoms with Gasteiger partial charge < -0.3 is 10.3 Å². The van der Waals surface area contributed by atoms with Gasteiger partial charge in [-0.1, -0.05) is 30.4 Å². The van der Waals surface area contributed by atoms with Crippen molar-refractivity contribution >= 4 is 28.1 Å². The summed E-state index contributed by atoms with van der Waals surface area (Å²) in [4.78, 5) is 15.0. The number of nitrogens with one attached hydrogen (secondary N) is 2. The number of rotatable bonds is 6. The van der Waals surface area contributed by atoms with E-state index in [9.17, 15) is 13.2 Å². The Kier molecular flexibility index (Phi) is 5.49. The molecule has 0 bridgehead atoms. The summed E-state index contributed by atoms with van der Waals surface area (Å²) in [7, 11) is -3.50. The summed E-state index contributed by atoms with van der Waals surface area (Å²) in [6, 6.07) is 5.27. The van der Waals surface area contributed by atoms with Gasteiger partial charge in [-0.3, -0.25) is 4.79 Å². The van der Waals surface area contributed by atoms with Crippen LogP contribution in [0.1, 0.15) is 18.5 Å². The van der Waals surface area contributed by atoms with E-state index in [2.05, 4.69) is 10.3 Å². The standard InChI is InChI=1S/C14H19N3O3S2/c1-22(19,20)17(9-12-7-4-8-14(21)16-12)10-13(18)15-11-5-2-3-6-11/h2-4,7-8,11H,5-6,9-10H2,1H3,(H,15,18)(H,16,21). The Morgan fingerprint density at radius 3 is 2.68 bits per heavy atom. The Hall–Kier alpha value is -1.51. The van der Waals surface area contributed by atoms with Gasteiger partial charge in [0.25, 0.3) is 0 Å². The average Bonchev–Trinajstić information content (AvgIpc) is 2.89. The highest BCUT2D eigenvalue weighted by molar-refractivity contribution is 7.88. The van der Waals surface area contributed by atoms with Gasteiger partial charge in [0.05, 0.1) is 19.3 Å². The largest absolute Gasteiger partial charge is 0.352 e. The molecule has 0 saturated heterocycles. The Balaban J connectivity index is 2.03. The first-order chi connectivity index (χ1) is 10.3. The van der Waals surface area contributed by atoms with Crippen LogP contribution in [-0.2, 0) is 21.4 Å². The molecule has 1 aromatic heterocycles.